The van der Waals surface area contributed by atoms with Crippen molar-refractivity contribution in [1.82, 2.24) is 14.9 Å². The highest BCUT2D eigenvalue weighted by Gasteiger charge is 2.06. The molecule has 0 unspecified atom stereocenters. The average Bonchev–Trinajstić information content (AvgIpc) is 2.98. The fraction of sp³-hybridized carbons (Fsp3) is 0.278. The monoisotopic (exact) mass is 295 g/mol. The zero-order valence-corrected chi connectivity index (χ0v) is 13.0. The predicted molar refractivity (Wildman–Crippen MR) is 89.1 cm³/mol. The minimum absolute atomic E-state index is 0.282. The first-order valence-corrected chi connectivity index (χ1v) is 7.55. The third-order valence-corrected chi connectivity index (χ3v) is 3.92. The number of hydrogen-bond acceptors (Lipinski definition) is 3. The molecule has 1 aromatic heterocycles. The zero-order valence-electron chi connectivity index (χ0n) is 13.0. The van der Waals surface area contributed by atoms with E-state index in [1.54, 1.807) is 7.11 Å². The van der Waals surface area contributed by atoms with E-state index in [0.29, 0.717) is 0 Å². The van der Waals surface area contributed by atoms with Crippen LogP contribution < -0.4 is 10.1 Å². The predicted octanol–water partition coefficient (Wildman–Crippen LogP) is 3.40. The Morgan fingerprint density at radius 3 is 2.91 bits per heavy atom. The fourth-order valence-electron chi connectivity index (χ4n) is 2.62. The first-order valence-electron chi connectivity index (χ1n) is 7.55. The molecule has 0 aliphatic carbocycles. The van der Waals surface area contributed by atoms with Crippen LogP contribution in [0.15, 0.2) is 54.9 Å². The number of benzene rings is 2. The molecule has 4 nitrogen and oxygen atoms in total. The molecule has 0 radical (unpaired) electrons. The highest BCUT2D eigenvalue weighted by atomic mass is 16.5. The van der Waals surface area contributed by atoms with Gasteiger partial charge in [0.25, 0.3) is 0 Å². The van der Waals surface area contributed by atoms with Crippen molar-refractivity contribution < 1.29 is 4.74 Å². The third kappa shape index (κ3) is 3.12. The minimum atomic E-state index is 0.282. The molecule has 0 aliphatic heterocycles. The first kappa shape index (κ1) is 14.6. The summed E-state index contributed by atoms with van der Waals surface area (Å²) >= 11 is 0. The first-order chi connectivity index (χ1) is 10.8. The Hall–Kier alpha value is -2.33. The van der Waals surface area contributed by atoms with Crippen molar-refractivity contribution in [2.45, 2.75) is 19.5 Å². The number of methoxy groups -OCH3 is 1. The Balaban J connectivity index is 1.60. The van der Waals surface area contributed by atoms with Crippen LogP contribution in [0.4, 0.5) is 0 Å². The maximum Gasteiger partial charge on any atom is 0.119 e. The molecule has 0 amide bonds. The SMILES string of the molecule is COc1cccc([C@H](C)NCCn2cnc3ccccc32)c1. The summed E-state index contributed by atoms with van der Waals surface area (Å²) < 4.78 is 7.46. The lowest BCUT2D eigenvalue weighted by Gasteiger charge is -2.15. The molecule has 0 saturated heterocycles. The number of ether oxygens (including phenoxy) is 1. The standard InChI is InChI=1S/C18H21N3O/c1-14(15-6-5-7-16(12-15)22-2)19-10-11-21-13-20-17-8-3-4-9-18(17)21/h3-9,12-14,19H,10-11H2,1-2H3/t14-/m0/s1. The van der Waals surface area contributed by atoms with E-state index < -0.39 is 0 Å². The second-order valence-electron chi connectivity index (χ2n) is 5.38. The molecule has 3 rings (SSSR count). The molecule has 1 atom stereocenters. The topological polar surface area (TPSA) is 39.1 Å². The molecule has 0 spiro atoms. The second kappa shape index (κ2) is 6.62. The maximum absolute atomic E-state index is 5.28. The van der Waals surface area contributed by atoms with E-state index in [1.807, 2.05) is 36.7 Å². The summed E-state index contributed by atoms with van der Waals surface area (Å²) in [6.07, 6.45) is 1.91. The summed E-state index contributed by atoms with van der Waals surface area (Å²) in [6, 6.07) is 16.7. The van der Waals surface area contributed by atoms with Gasteiger partial charge in [-0.1, -0.05) is 24.3 Å². The van der Waals surface area contributed by atoms with Crippen LogP contribution in [0, 0.1) is 0 Å². The molecule has 0 aliphatic rings. The van der Waals surface area contributed by atoms with Gasteiger partial charge in [-0.05, 0) is 36.8 Å². The van der Waals surface area contributed by atoms with E-state index in [-0.39, 0.29) is 6.04 Å². The molecule has 114 valence electrons. The van der Waals surface area contributed by atoms with Crippen LogP contribution in [0.5, 0.6) is 5.75 Å². The molecular weight excluding hydrogens is 274 g/mol. The van der Waals surface area contributed by atoms with Crippen LogP contribution >= 0.6 is 0 Å². The van der Waals surface area contributed by atoms with Crippen LogP contribution in [0.25, 0.3) is 11.0 Å². The van der Waals surface area contributed by atoms with Crippen molar-refractivity contribution in [2.24, 2.45) is 0 Å². The molecule has 22 heavy (non-hydrogen) atoms. The van der Waals surface area contributed by atoms with E-state index >= 15 is 0 Å². The summed E-state index contributed by atoms with van der Waals surface area (Å²) in [5.41, 5.74) is 3.46. The summed E-state index contributed by atoms with van der Waals surface area (Å²) in [4.78, 5) is 4.42. The average molecular weight is 295 g/mol. The largest absolute Gasteiger partial charge is 0.497 e. The van der Waals surface area contributed by atoms with Crippen LogP contribution in [0.2, 0.25) is 0 Å². The van der Waals surface area contributed by atoms with E-state index in [0.717, 1.165) is 24.4 Å². The number of rotatable bonds is 6. The fourth-order valence-corrected chi connectivity index (χ4v) is 2.62. The number of nitrogens with zero attached hydrogens (tertiary/aromatic N) is 2. The molecule has 3 aromatic rings. The molecule has 2 aromatic carbocycles. The van der Waals surface area contributed by atoms with E-state index in [1.165, 1.54) is 11.1 Å². The molecule has 0 fully saturated rings. The van der Waals surface area contributed by atoms with Gasteiger partial charge in [0.05, 0.1) is 24.5 Å². The summed E-state index contributed by atoms with van der Waals surface area (Å²) in [5.74, 6) is 0.895. The smallest absolute Gasteiger partial charge is 0.119 e. The van der Waals surface area contributed by atoms with Crippen LogP contribution in [-0.2, 0) is 6.54 Å². The van der Waals surface area contributed by atoms with Gasteiger partial charge < -0.3 is 14.6 Å². The van der Waals surface area contributed by atoms with Crippen molar-refractivity contribution in [1.29, 1.82) is 0 Å². The summed E-state index contributed by atoms with van der Waals surface area (Å²) in [5, 5.41) is 3.55. The quantitative estimate of drug-likeness (QED) is 0.757. The van der Waals surface area contributed by atoms with Gasteiger partial charge >= 0.3 is 0 Å². The summed E-state index contributed by atoms with van der Waals surface area (Å²) in [7, 11) is 1.70. The number of imidazole rings is 1. The van der Waals surface area contributed by atoms with Gasteiger partial charge in [-0.15, -0.1) is 0 Å². The molecule has 1 N–H and O–H groups in total. The number of aromatic nitrogens is 2. The van der Waals surface area contributed by atoms with Gasteiger partial charge in [0, 0.05) is 19.1 Å². The van der Waals surface area contributed by atoms with Gasteiger partial charge in [-0.2, -0.15) is 0 Å². The second-order valence-corrected chi connectivity index (χ2v) is 5.38. The molecule has 0 bridgehead atoms. The van der Waals surface area contributed by atoms with Crippen molar-refractivity contribution in [2.75, 3.05) is 13.7 Å². The van der Waals surface area contributed by atoms with Crippen LogP contribution in [0.1, 0.15) is 18.5 Å². The van der Waals surface area contributed by atoms with Crippen LogP contribution in [0.3, 0.4) is 0 Å². The van der Waals surface area contributed by atoms with Crippen molar-refractivity contribution >= 4 is 11.0 Å². The Bertz CT molecular complexity index is 751. The lowest BCUT2D eigenvalue weighted by atomic mass is 10.1. The number of para-hydroxylation sites is 2. The molecular formula is C18H21N3O. The normalized spacial score (nSPS) is 12.5. The highest BCUT2D eigenvalue weighted by molar-refractivity contribution is 5.74. The van der Waals surface area contributed by atoms with Gasteiger partial charge in [0.2, 0.25) is 0 Å². The van der Waals surface area contributed by atoms with E-state index in [2.05, 4.69) is 40.0 Å². The molecule has 0 saturated carbocycles. The number of hydrogen-bond donors (Lipinski definition) is 1. The van der Waals surface area contributed by atoms with Gasteiger partial charge in [0.15, 0.2) is 0 Å². The highest BCUT2D eigenvalue weighted by Crippen LogP contribution is 2.18. The number of fused-ring (bicyclic) bond motifs is 1. The maximum atomic E-state index is 5.28. The molecule has 4 heteroatoms. The van der Waals surface area contributed by atoms with Crippen molar-refractivity contribution in [3.8, 4) is 5.75 Å². The minimum Gasteiger partial charge on any atom is -0.497 e. The Labute approximate surface area is 130 Å². The molecule has 1 heterocycles. The van der Waals surface area contributed by atoms with Gasteiger partial charge in [-0.25, -0.2) is 4.98 Å². The lowest BCUT2D eigenvalue weighted by molar-refractivity contribution is 0.413. The van der Waals surface area contributed by atoms with E-state index in [4.69, 9.17) is 4.74 Å². The van der Waals surface area contributed by atoms with Crippen molar-refractivity contribution in [3.63, 3.8) is 0 Å². The van der Waals surface area contributed by atoms with Crippen LogP contribution in [-0.4, -0.2) is 23.2 Å². The Morgan fingerprint density at radius 1 is 1.18 bits per heavy atom. The van der Waals surface area contributed by atoms with Gasteiger partial charge in [0.1, 0.15) is 5.75 Å². The zero-order chi connectivity index (χ0) is 15.4. The van der Waals surface area contributed by atoms with Crippen molar-refractivity contribution in [3.05, 3.63) is 60.4 Å². The lowest BCUT2D eigenvalue weighted by Crippen LogP contribution is -2.23. The Kier molecular flexibility index (Phi) is 4.39. The summed E-state index contributed by atoms with van der Waals surface area (Å²) in [6.45, 7) is 3.95. The number of nitrogens with one attached hydrogen (secondary N) is 1. The third-order valence-electron chi connectivity index (χ3n) is 3.92. The van der Waals surface area contributed by atoms with Gasteiger partial charge in [-0.3, -0.25) is 0 Å². The Morgan fingerprint density at radius 2 is 2.05 bits per heavy atom. The van der Waals surface area contributed by atoms with E-state index in [9.17, 15) is 0 Å².